The van der Waals surface area contributed by atoms with Crippen molar-refractivity contribution < 1.29 is 14.3 Å². The van der Waals surface area contributed by atoms with Crippen LogP contribution < -0.4 is 10.5 Å². The average molecular weight is 411 g/mol. The minimum atomic E-state index is 0. The lowest BCUT2D eigenvalue weighted by Gasteiger charge is -2.33. The number of likely N-dealkylation sites (tertiary alicyclic amines) is 1. The molecule has 0 radical (unpaired) electrons. The van der Waals surface area contributed by atoms with E-state index in [9.17, 15) is 9.59 Å². The van der Waals surface area contributed by atoms with Gasteiger partial charge in [0.05, 0.1) is 6.61 Å². The van der Waals surface area contributed by atoms with Crippen LogP contribution >= 0.6 is 12.4 Å². The topological polar surface area (TPSA) is 72.6 Å². The number of rotatable bonds is 10. The van der Waals surface area contributed by atoms with Gasteiger partial charge in [0.15, 0.2) is 5.78 Å². The van der Waals surface area contributed by atoms with Crippen molar-refractivity contribution in [3.63, 3.8) is 0 Å². The average Bonchev–Trinajstić information content (AvgIpc) is 2.69. The molecule has 1 fully saturated rings. The molecule has 0 spiro atoms. The number of Topliss-reactive ketones (excluding diaryl/α,β-unsaturated/α-hetero) is 1. The van der Waals surface area contributed by atoms with E-state index in [1.807, 2.05) is 24.0 Å². The molecule has 6 heteroatoms. The molecule has 28 heavy (non-hydrogen) atoms. The van der Waals surface area contributed by atoms with Crippen LogP contribution in [-0.4, -0.2) is 42.3 Å². The first-order chi connectivity index (χ1) is 13.0. The highest BCUT2D eigenvalue weighted by Crippen LogP contribution is 2.21. The predicted molar refractivity (Wildman–Crippen MR) is 115 cm³/mol. The van der Waals surface area contributed by atoms with E-state index in [1.165, 1.54) is 6.42 Å². The highest BCUT2D eigenvalue weighted by molar-refractivity contribution is 5.98. The number of carbonyl (C=O) groups is 2. The largest absolute Gasteiger partial charge is 0.494 e. The third kappa shape index (κ3) is 7.80. The number of ketones is 1. The number of ether oxygens (including phenoxy) is 1. The summed E-state index contributed by atoms with van der Waals surface area (Å²) in [6.07, 6.45) is 5.81. The summed E-state index contributed by atoms with van der Waals surface area (Å²) >= 11 is 0. The Labute approximate surface area is 175 Å². The predicted octanol–water partition coefficient (Wildman–Crippen LogP) is 4.23. The Morgan fingerprint density at radius 2 is 1.79 bits per heavy atom. The molecule has 0 aromatic heterocycles. The van der Waals surface area contributed by atoms with Crippen LogP contribution in [0.15, 0.2) is 24.3 Å². The van der Waals surface area contributed by atoms with Gasteiger partial charge in [-0.05, 0) is 56.4 Å². The summed E-state index contributed by atoms with van der Waals surface area (Å²) in [5.74, 6) is 1.36. The monoisotopic (exact) mass is 410 g/mol. The number of halogens is 1. The molecule has 1 aliphatic heterocycles. The van der Waals surface area contributed by atoms with Gasteiger partial charge in [0.1, 0.15) is 5.75 Å². The molecule has 1 heterocycles. The molecule has 0 aliphatic carbocycles. The van der Waals surface area contributed by atoms with Crippen molar-refractivity contribution in [2.75, 3.05) is 19.7 Å². The van der Waals surface area contributed by atoms with E-state index >= 15 is 0 Å². The Bertz CT molecular complexity index is 596. The zero-order chi connectivity index (χ0) is 19.6. The fraction of sp³-hybridized carbons (Fsp3) is 0.636. The lowest BCUT2D eigenvalue weighted by molar-refractivity contribution is -0.132. The van der Waals surface area contributed by atoms with E-state index < -0.39 is 0 Å². The lowest BCUT2D eigenvalue weighted by Crippen LogP contribution is -2.42. The smallest absolute Gasteiger partial charge is 0.223 e. The number of piperidine rings is 1. The van der Waals surface area contributed by atoms with E-state index in [2.05, 4.69) is 6.92 Å². The van der Waals surface area contributed by atoms with Crippen molar-refractivity contribution in [3.05, 3.63) is 29.8 Å². The van der Waals surface area contributed by atoms with E-state index in [0.717, 1.165) is 44.5 Å². The molecule has 2 rings (SSSR count). The van der Waals surface area contributed by atoms with Gasteiger partial charge in [0, 0.05) is 37.5 Å². The fourth-order valence-electron chi connectivity index (χ4n) is 3.48. The maximum atomic E-state index is 12.4. The summed E-state index contributed by atoms with van der Waals surface area (Å²) in [5.41, 5.74) is 6.58. The number of carbonyl (C=O) groups excluding carboxylic acids is 2. The number of amides is 1. The van der Waals surface area contributed by atoms with Gasteiger partial charge in [-0.1, -0.05) is 19.8 Å². The Morgan fingerprint density at radius 3 is 2.36 bits per heavy atom. The summed E-state index contributed by atoms with van der Waals surface area (Å²) in [4.78, 5) is 26.6. The maximum absolute atomic E-state index is 12.4. The fourth-order valence-corrected chi connectivity index (χ4v) is 3.48. The third-order valence-corrected chi connectivity index (χ3v) is 5.39. The molecule has 1 aromatic rings. The number of nitrogens with two attached hydrogens (primary N) is 1. The summed E-state index contributed by atoms with van der Waals surface area (Å²) in [5, 5.41) is 0. The van der Waals surface area contributed by atoms with Crippen LogP contribution in [0.1, 0.15) is 69.2 Å². The zero-order valence-corrected chi connectivity index (χ0v) is 18.0. The SMILES string of the molecule is CCCCCOc1ccc(C(=O)CCC(=O)N2CCC(C(C)N)CC2)cc1.Cl. The first kappa shape index (κ1) is 24.4. The number of hydrogen-bond donors (Lipinski definition) is 1. The van der Waals surface area contributed by atoms with Crippen molar-refractivity contribution in [2.24, 2.45) is 11.7 Å². The number of nitrogens with zero attached hydrogens (tertiary/aromatic N) is 1. The van der Waals surface area contributed by atoms with Gasteiger partial charge in [0.2, 0.25) is 5.91 Å². The maximum Gasteiger partial charge on any atom is 0.223 e. The molecule has 5 nitrogen and oxygen atoms in total. The summed E-state index contributed by atoms with van der Waals surface area (Å²) in [6.45, 7) is 6.40. The van der Waals surface area contributed by atoms with Gasteiger partial charge in [-0.3, -0.25) is 9.59 Å². The molecule has 158 valence electrons. The van der Waals surface area contributed by atoms with Crippen molar-refractivity contribution in [1.82, 2.24) is 4.90 Å². The van der Waals surface area contributed by atoms with Gasteiger partial charge in [-0.2, -0.15) is 0 Å². The second-order valence-electron chi connectivity index (χ2n) is 7.58. The van der Waals surface area contributed by atoms with Crippen molar-refractivity contribution in [2.45, 2.75) is 64.8 Å². The number of unbranched alkanes of at least 4 members (excludes halogenated alkanes) is 2. The molecule has 2 N–H and O–H groups in total. The zero-order valence-electron chi connectivity index (χ0n) is 17.2. The normalized spacial score (nSPS) is 15.6. The van der Waals surface area contributed by atoms with Crippen LogP contribution in [0.3, 0.4) is 0 Å². The molecular formula is C22H35ClN2O3. The summed E-state index contributed by atoms with van der Waals surface area (Å²) in [6, 6.07) is 7.42. The molecule has 1 unspecified atom stereocenters. The standard InChI is InChI=1S/C22H34N2O3.ClH/c1-3-4-5-16-27-20-8-6-19(7-9-20)21(25)10-11-22(26)24-14-12-18(13-15-24)17(2)23;/h6-9,17-18H,3-5,10-16,23H2,1-2H3;1H. The quantitative estimate of drug-likeness (QED) is 0.462. The summed E-state index contributed by atoms with van der Waals surface area (Å²) < 4.78 is 5.66. The first-order valence-electron chi connectivity index (χ1n) is 10.3. The van der Waals surface area contributed by atoms with Gasteiger partial charge >= 0.3 is 0 Å². The van der Waals surface area contributed by atoms with E-state index in [1.54, 1.807) is 12.1 Å². The van der Waals surface area contributed by atoms with Gasteiger partial charge in [0.25, 0.3) is 0 Å². The molecule has 1 amide bonds. The van der Waals surface area contributed by atoms with Gasteiger partial charge in [-0.25, -0.2) is 0 Å². The van der Waals surface area contributed by atoms with Crippen LogP contribution in [0, 0.1) is 5.92 Å². The lowest BCUT2D eigenvalue weighted by atomic mass is 9.91. The number of benzene rings is 1. The van der Waals surface area contributed by atoms with Crippen molar-refractivity contribution in [3.8, 4) is 5.75 Å². The Hall–Kier alpha value is -1.59. The molecule has 1 aromatic carbocycles. The van der Waals surface area contributed by atoms with Gasteiger partial charge in [-0.15, -0.1) is 12.4 Å². The van der Waals surface area contributed by atoms with E-state index in [0.29, 0.717) is 18.1 Å². The molecular weight excluding hydrogens is 376 g/mol. The molecule has 0 bridgehead atoms. The molecule has 1 atom stereocenters. The van der Waals surface area contributed by atoms with Crippen LogP contribution in [0.25, 0.3) is 0 Å². The van der Waals surface area contributed by atoms with Crippen LogP contribution in [0.4, 0.5) is 0 Å². The highest BCUT2D eigenvalue weighted by Gasteiger charge is 2.24. The Balaban J connectivity index is 0.00000392. The summed E-state index contributed by atoms with van der Waals surface area (Å²) in [7, 11) is 0. The van der Waals surface area contributed by atoms with Crippen LogP contribution in [-0.2, 0) is 4.79 Å². The highest BCUT2D eigenvalue weighted by atomic mass is 35.5. The Morgan fingerprint density at radius 1 is 1.14 bits per heavy atom. The Kier molecular flexibility index (Phi) is 11.2. The molecule has 0 saturated carbocycles. The minimum absolute atomic E-state index is 0. The van der Waals surface area contributed by atoms with E-state index in [4.69, 9.17) is 10.5 Å². The number of hydrogen-bond acceptors (Lipinski definition) is 4. The first-order valence-corrected chi connectivity index (χ1v) is 10.3. The van der Waals surface area contributed by atoms with Crippen LogP contribution in [0.5, 0.6) is 5.75 Å². The second-order valence-corrected chi connectivity index (χ2v) is 7.58. The van der Waals surface area contributed by atoms with Crippen molar-refractivity contribution >= 4 is 24.1 Å². The van der Waals surface area contributed by atoms with Gasteiger partial charge < -0.3 is 15.4 Å². The van der Waals surface area contributed by atoms with Crippen molar-refractivity contribution in [1.29, 1.82) is 0 Å². The molecule has 1 aliphatic rings. The third-order valence-electron chi connectivity index (χ3n) is 5.39. The minimum Gasteiger partial charge on any atom is -0.494 e. The van der Waals surface area contributed by atoms with Crippen LogP contribution in [0.2, 0.25) is 0 Å². The van der Waals surface area contributed by atoms with E-state index in [-0.39, 0.29) is 43.0 Å². The second kappa shape index (κ2) is 12.8. The molecule has 1 saturated heterocycles.